The van der Waals surface area contributed by atoms with E-state index in [4.69, 9.17) is 21.1 Å². The first-order valence-corrected chi connectivity index (χ1v) is 12.4. The number of rotatable bonds is 7. The number of aliphatic hydroxyl groups is 1. The van der Waals surface area contributed by atoms with Crippen molar-refractivity contribution in [2.75, 3.05) is 32.8 Å². The molecule has 2 aliphatic heterocycles. The smallest absolute Gasteiger partial charge is 0.364 e. The average Bonchev–Trinajstić information content (AvgIpc) is 3.50. The molecule has 5 rings (SSSR count). The van der Waals surface area contributed by atoms with Crippen LogP contribution in [0.5, 0.6) is 11.5 Å². The summed E-state index contributed by atoms with van der Waals surface area (Å²) in [6, 6.07) is 10.1. The van der Waals surface area contributed by atoms with Gasteiger partial charge in [0.15, 0.2) is 11.5 Å². The minimum Gasteiger partial charge on any atom is -0.486 e. The van der Waals surface area contributed by atoms with Crippen molar-refractivity contribution >= 4 is 28.4 Å². The lowest BCUT2D eigenvalue weighted by molar-refractivity contribution is -0.149. The quantitative estimate of drug-likeness (QED) is 0.493. The molecule has 0 radical (unpaired) electrons. The Morgan fingerprint density at radius 2 is 1.83 bits per heavy atom. The summed E-state index contributed by atoms with van der Waals surface area (Å²) in [5.41, 5.74) is 0.532. The number of amides is 1. The number of likely N-dealkylation sites (tertiary alicyclic amines) is 1. The largest absolute Gasteiger partial charge is 0.486 e. The summed E-state index contributed by atoms with van der Waals surface area (Å²) in [6.07, 6.45) is 0.734. The van der Waals surface area contributed by atoms with Crippen LogP contribution in [-0.2, 0) is 17.8 Å². The highest BCUT2D eigenvalue weighted by atomic mass is 35.5. The van der Waals surface area contributed by atoms with Crippen molar-refractivity contribution in [3.63, 3.8) is 0 Å². The van der Waals surface area contributed by atoms with Crippen molar-refractivity contribution in [1.29, 1.82) is 0 Å². The first-order chi connectivity index (χ1) is 17.2. The van der Waals surface area contributed by atoms with Gasteiger partial charge in [-0.3, -0.25) is 4.79 Å². The summed E-state index contributed by atoms with van der Waals surface area (Å²) in [5.74, 6) is -4.28. The second-order valence-electron chi connectivity index (χ2n) is 9.30. The highest BCUT2D eigenvalue weighted by Crippen LogP contribution is 2.36. The van der Waals surface area contributed by atoms with E-state index in [9.17, 15) is 9.90 Å². The first kappa shape index (κ1) is 24.8. The van der Waals surface area contributed by atoms with E-state index in [1.165, 1.54) is 17.7 Å². The van der Waals surface area contributed by atoms with Crippen LogP contribution in [0.4, 0.5) is 8.78 Å². The molecule has 7 nitrogen and oxygen atoms in total. The van der Waals surface area contributed by atoms with Crippen LogP contribution in [0.25, 0.3) is 10.9 Å². The molecule has 0 bridgehead atoms. The fourth-order valence-corrected chi connectivity index (χ4v) is 5.12. The van der Waals surface area contributed by atoms with Crippen LogP contribution in [0.15, 0.2) is 42.5 Å². The predicted octanol–water partition coefficient (Wildman–Crippen LogP) is 4.01. The molecule has 2 aliphatic rings. The molecule has 1 aromatic heterocycles. The van der Waals surface area contributed by atoms with Gasteiger partial charge in [-0.25, -0.2) is 0 Å². The number of carbonyl (C=O) groups excluding carboxylic acids is 1. The van der Waals surface area contributed by atoms with E-state index < -0.39 is 29.7 Å². The number of aliphatic hydroxyl groups excluding tert-OH is 1. The number of ether oxygens (including phenoxy) is 2. The van der Waals surface area contributed by atoms with Gasteiger partial charge in [0.1, 0.15) is 19.3 Å². The molecule has 2 N–H and O–H groups in total. The summed E-state index contributed by atoms with van der Waals surface area (Å²) < 4.78 is 43.5. The van der Waals surface area contributed by atoms with Crippen LogP contribution < -0.4 is 14.8 Å². The summed E-state index contributed by atoms with van der Waals surface area (Å²) in [4.78, 5) is 15.1. The van der Waals surface area contributed by atoms with Crippen molar-refractivity contribution < 1.29 is 28.2 Å². The number of nitrogens with zero attached hydrogens (tertiary/aromatic N) is 2. The second kappa shape index (κ2) is 9.88. The second-order valence-corrected chi connectivity index (χ2v) is 9.74. The number of nitrogens with one attached hydrogen (secondary N) is 1. The predicted molar refractivity (Wildman–Crippen MR) is 132 cm³/mol. The molecule has 0 spiro atoms. The van der Waals surface area contributed by atoms with Gasteiger partial charge in [0, 0.05) is 29.5 Å². The Hall–Kier alpha value is -2.88. The van der Waals surface area contributed by atoms with Gasteiger partial charge in [-0.15, -0.1) is 0 Å². The molecular formula is C26H28ClF2N3O4. The lowest BCUT2D eigenvalue weighted by Crippen LogP contribution is -2.51. The maximum atomic E-state index is 15.5. The molecule has 0 unspecified atom stereocenters. The average molecular weight is 520 g/mol. The van der Waals surface area contributed by atoms with Gasteiger partial charge in [0.2, 0.25) is 0 Å². The lowest BCUT2D eigenvalue weighted by Gasteiger charge is -2.30. The lowest BCUT2D eigenvalue weighted by atomic mass is 10.00. The summed E-state index contributed by atoms with van der Waals surface area (Å²) in [6.45, 7) is 2.60. The Balaban J connectivity index is 1.42. The molecule has 0 saturated carbocycles. The molecule has 36 heavy (non-hydrogen) atoms. The Bertz CT molecular complexity index is 1280. The zero-order valence-corrected chi connectivity index (χ0v) is 20.6. The molecule has 1 amide bonds. The Morgan fingerprint density at radius 3 is 2.58 bits per heavy atom. The summed E-state index contributed by atoms with van der Waals surface area (Å²) in [5, 5.41) is 14.6. The van der Waals surface area contributed by atoms with Crippen LogP contribution in [0, 0.1) is 0 Å². The molecule has 3 aromatic rings. The number of hydrogen-bond donors (Lipinski definition) is 2. The standard InChI is InChI=1S/C26H28ClF2N3O4/c1-31-20-6-5-18(27)12-17(20)14-23(31)26(28,29)25(34)30-19(15-32-8-2-3-9-32)24(33)16-4-7-21-22(13-16)36-11-10-35-21/h4-7,12-14,19,24,33H,2-3,8-11,15H2,1H3,(H,30,34)/t19-,24-/m1/s1. The van der Waals surface area contributed by atoms with E-state index in [2.05, 4.69) is 10.2 Å². The van der Waals surface area contributed by atoms with Gasteiger partial charge >= 0.3 is 5.92 Å². The van der Waals surface area contributed by atoms with Crippen LogP contribution >= 0.6 is 11.6 Å². The van der Waals surface area contributed by atoms with Gasteiger partial charge < -0.3 is 29.4 Å². The zero-order chi connectivity index (χ0) is 25.4. The van der Waals surface area contributed by atoms with E-state index in [0.717, 1.165) is 25.9 Å². The number of aromatic nitrogens is 1. The van der Waals surface area contributed by atoms with Crippen LogP contribution in [0.2, 0.25) is 5.02 Å². The number of halogens is 3. The van der Waals surface area contributed by atoms with Crippen LogP contribution in [-0.4, -0.2) is 59.4 Å². The maximum Gasteiger partial charge on any atom is 0.364 e. The Labute approximate surface area is 212 Å². The number of alkyl halides is 2. The number of benzene rings is 2. The van der Waals surface area contributed by atoms with Crippen LogP contribution in [0.1, 0.15) is 30.2 Å². The molecule has 3 heterocycles. The molecule has 1 saturated heterocycles. The molecule has 2 aromatic carbocycles. The topological polar surface area (TPSA) is 76.0 Å². The normalized spacial score (nSPS) is 17.8. The highest BCUT2D eigenvalue weighted by Gasteiger charge is 2.45. The molecule has 1 fully saturated rings. The number of fused-ring (bicyclic) bond motifs is 2. The number of aryl methyl sites for hydroxylation is 1. The van der Waals surface area contributed by atoms with E-state index in [1.807, 2.05) is 0 Å². The fourth-order valence-electron chi connectivity index (χ4n) is 4.94. The number of hydrogen-bond acceptors (Lipinski definition) is 5. The SMILES string of the molecule is Cn1c(C(F)(F)C(=O)N[C@H](CN2CCCC2)[C@H](O)c2ccc3c(c2)OCCO3)cc2cc(Cl)ccc21. The van der Waals surface area contributed by atoms with Gasteiger partial charge in [-0.05, 0) is 67.9 Å². The molecular weight excluding hydrogens is 492 g/mol. The van der Waals surface area contributed by atoms with Crippen molar-refractivity contribution in [2.45, 2.75) is 30.9 Å². The van der Waals surface area contributed by atoms with Crippen molar-refractivity contribution in [1.82, 2.24) is 14.8 Å². The van der Waals surface area contributed by atoms with Gasteiger partial charge in [-0.1, -0.05) is 17.7 Å². The molecule has 2 atom stereocenters. The maximum absolute atomic E-state index is 15.5. The Morgan fingerprint density at radius 1 is 1.11 bits per heavy atom. The summed E-state index contributed by atoms with van der Waals surface area (Å²) in [7, 11) is 1.48. The molecule has 10 heteroatoms. The monoisotopic (exact) mass is 519 g/mol. The van der Waals surface area contributed by atoms with Crippen molar-refractivity contribution in [3.8, 4) is 11.5 Å². The van der Waals surface area contributed by atoms with E-state index in [0.29, 0.717) is 46.2 Å². The van der Waals surface area contributed by atoms with Gasteiger partial charge in [-0.2, -0.15) is 8.78 Å². The Kier molecular flexibility index (Phi) is 6.80. The van der Waals surface area contributed by atoms with Crippen LogP contribution in [0.3, 0.4) is 0 Å². The minimum absolute atomic E-state index is 0.238. The number of carbonyl (C=O) groups is 1. The van der Waals surface area contributed by atoms with E-state index in [-0.39, 0.29) is 6.54 Å². The summed E-state index contributed by atoms with van der Waals surface area (Å²) >= 11 is 6.02. The van der Waals surface area contributed by atoms with Crippen molar-refractivity contribution in [2.24, 2.45) is 7.05 Å². The highest BCUT2D eigenvalue weighted by molar-refractivity contribution is 6.31. The molecule has 0 aliphatic carbocycles. The van der Waals surface area contributed by atoms with E-state index in [1.54, 1.807) is 36.4 Å². The first-order valence-electron chi connectivity index (χ1n) is 12.0. The van der Waals surface area contributed by atoms with Gasteiger partial charge in [0.25, 0.3) is 5.91 Å². The fraction of sp³-hybridized carbons (Fsp3) is 0.423. The van der Waals surface area contributed by atoms with E-state index >= 15 is 8.78 Å². The third-order valence-corrected chi connectivity index (χ3v) is 7.11. The molecule has 192 valence electrons. The third kappa shape index (κ3) is 4.75. The third-order valence-electron chi connectivity index (χ3n) is 6.87. The van der Waals surface area contributed by atoms with Gasteiger partial charge in [0.05, 0.1) is 11.7 Å². The van der Waals surface area contributed by atoms with Crippen molar-refractivity contribution in [3.05, 3.63) is 58.7 Å². The minimum atomic E-state index is -3.84. The zero-order valence-electron chi connectivity index (χ0n) is 19.8.